The van der Waals surface area contributed by atoms with Crippen LogP contribution in [0.3, 0.4) is 0 Å². The van der Waals surface area contributed by atoms with Crippen LogP contribution in [0.2, 0.25) is 5.02 Å². The number of nitrogens with zero attached hydrogens (tertiary/aromatic N) is 2. The molecule has 3 rings (SSSR count). The van der Waals surface area contributed by atoms with Gasteiger partial charge in [0, 0.05) is 37.1 Å². The standard InChI is InChI=1S/C21H30ClN3O2.ClH/c1-16-15-24(20(26)6-5-17-7-9-23-10-8-17)11-12-25(16)21(27)14-18-3-2-4-19(22)13-18;/h2-4,13,16-17,23H,5-12,14-15H2,1H3;1H. The first-order valence-corrected chi connectivity index (χ1v) is 10.4. The van der Waals surface area contributed by atoms with Crippen molar-refractivity contribution >= 4 is 35.8 Å². The molecule has 2 amide bonds. The highest BCUT2D eigenvalue weighted by Crippen LogP contribution is 2.20. The minimum absolute atomic E-state index is 0. The maximum Gasteiger partial charge on any atom is 0.227 e. The number of halogens is 2. The molecule has 0 aliphatic carbocycles. The number of piperazine rings is 1. The van der Waals surface area contributed by atoms with E-state index in [0.29, 0.717) is 43.4 Å². The predicted octanol–water partition coefficient (Wildman–Crippen LogP) is 3.14. The Labute approximate surface area is 179 Å². The van der Waals surface area contributed by atoms with Gasteiger partial charge in [-0.2, -0.15) is 0 Å². The van der Waals surface area contributed by atoms with Gasteiger partial charge in [-0.05, 0) is 62.9 Å². The summed E-state index contributed by atoms with van der Waals surface area (Å²) in [4.78, 5) is 29.1. The van der Waals surface area contributed by atoms with Gasteiger partial charge in [0.1, 0.15) is 0 Å². The van der Waals surface area contributed by atoms with Gasteiger partial charge in [-0.15, -0.1) is 12.4 Å². The van der Waals surface area contributed by atoms with Crippen molar-refractivity contribution < 1.29 is 9.59 Å². The van der Waals surface area contributed by atoms with Gasteiger partial charge in [-0.1, -0.05) is 23.7 Å². The summed E-state index contributed by atoms with van der Waals surface area (Å²) in [7, 11) is 0. The van der Waals surface area contributed by atoms with Crippen LogP contribution in [0.4, 0.5) is 0 Å². The summed E-state index contributed by atoms with van der Waals surface area (Å²) in [5, 5.41) is 4.02. The van der Waals surface area contributed by atoms with Gasteiger partial charge in [-0.25, -0.2) is 0 Å². The van der Waals surface area contributed by atoms with Crippen LogP contribution in [0.5, 0.6) is 0 Å². The molecule has 28 heavy (non-hydrogen) atoms. The number of hydrogen-bond acceptors (Lipinski definition) is 3. The Bertz CT molecular complexity index is 665. The molecule has 7 heteroatoms. The fourth-order valence-electron chi connectivity index (χ4n) is 4.13. The van der Waals surface area contributed by atoms with E-state index >= 15 is 0 Å². The van der Waals surface area contributed by atoms with Crippen molar-refractivity contribution in [3.8, 4) is 0 Å². The number of amides is 2. The van der Waals surface area contributed by atoms with E-state index in [1.807, 2.05) is 41.0 Å². The lowest BCUT2D eigenvalue weighted by Crippen LogP contribution is -2.55. The lowest BCUT2D eigenvalue weighted by atomic mass is 9.93. The second-order valence-electron chi connectivity index (χ2n) is 7.81. The van der Waals surface area contributed by atoms with Crippen LogP contribution < -0.4 is 5.32 Å². The minimum atomic E-state index is 0. The van der Waals surface area contributed by atoms with Crippen molar-refractivity contribution in [2.24, 2.45) is 5.92 Å². The number of carbonyl (C=O) groups excluding carboxylic acids is 2. The van der Waals surface area contributed by atoms with E-state index < -0.39 is 0 Å². The molecule has 0 saturated carbocycles. The molecule has 2 heterocycles. The van der Waals surface area contributed by atoms with E-state index in [2.05, 4.69) is 5.32 Å². The topological polar surface area (TPSA) is 52.7 Å². The molecule has 2 fully saturated rings. The molecule has 0 spiro atoms. The van der Waals surface area contributed by atoms with E-state index in [1.165, 1.54) is 12.8 Å². The van der Waals surface area contributed by atoms with Crippen LogP contribution in [0, 0.1) is 5.92 Å². The molecular weight excluding hydrogens is 397 g/mol. The fourth-order valence-corrected chi connectivity index (χ4v) is 4.35. The fraction of sp³-hybridized carbons (Fsp3) is 0.619. The number of carbonyl (C=O) groups is 2. The van der Waals surface area contributed by atoms with Crippen molar-refractivity contribution in [3.05, 3.63) is 34.9 Å². The van der Waals surface area contributed by atoms with Crippen molar-refractivity contribution in [2.75, 3.05) is 32.7 Å². The summed E-state index contributed by atoms with van der Waals surface area (Å²) in [6.45, 7) is 6.05. The van der Waals surface area contributed by atoms with Crippen LogP contribution in [0.15, 0.2) is 24.3 Å². The summed E-state index contributed by atoms with van der Waals surface area (Å²) in [6.07, 6.45) is 4.33. The Kier molecular flexibility index (Phi) is 9.06. The molecule has 156 valence electrons. The van der Waals surface area contributed by atoms with Gasteiger partial charge in [0.15, 0.2) is 0 Å². The highest BCUT2D eigenvalue weighted by molar-refractivity contribution is 6.30. The molecule has 5 nitrogen and oxygen atoms in total. The van der Waals surface area contributed by atoms with Gasteiger partial charge < -0.3 is 15.1 Å². The van der Waals surface area contributed by atoms with Gasteiger partial charge in [0.2, 0.25) is 11.8 Å². The molecule has 0 radical (unpaired) electrons. The van der Waals surface area contributed by atoms with Crippen molar-refractivity contribution in [1.29, 1.82) is 0 Å². The summed E-state index contributed by atoms with van der Waals surface area (Å²) < 4.78 is 0. The zero-order valence-electron chi connectivity index (χ0n) is 16.5. The number of hydrogen-bond donors (Lipinski definition) is 1. The van der Waals surface area contributed by atoms with E-state index in [9.17, 15) is 9.59 Å². The lowest BCUT2D eigenvalue weighted by Gasteiger charge is -2.40. The molecule has 1 aromatic rings. The highest BCUT2D eigenvalue weighted by atomic mass is 35.5. The molecule has 1 N–H and O–H groups in total. The van der Waals surface area contributed by atoms with Crippen LogP contribution >= 0.6 is 24.0 Å². The number of benzene rings is 1. The third-order valence-electron chi connectivity index (χ3n) is 5.77. The van der Waals surface area contributed by atoms with Gasteiger partial charge in [-0.3, -0.25) is 9.59 Å². The molecule has 1 unspecified atom stereocenters. The third-order valence-corrected chi connectivity index (χ3v) is 6.01. The van der Waals surface area contributed by atoms with E-state index in [-0.39, 0.29) is 30.3 Å². The highest BCUT2D eigenvalue weighted by Gasteiger charge is 2.29. The van der Waals surface area contributed by atoms with Crippen LogP contribution in [-0.4, -0.2) is 60.4 Å². The Hall–Kier alpha value is -1.30. The van der Waals surface area contributed by atoms with E-state index in [4.69, 9.17) is 11.6 Å². The Morgan fingerprint density at radius 2 is 1.93 bits per heavy atom. The van der Waals surface area contributed by atoms with Crippen molar-refractivity contribution in [1.82, 2.24) is 15.1 Å². The van der Waals surface area contributed by atoms with Crippen LogP contribution in [0.1, 0.15) is 38.2 Å². The zero-order chi connectivity index (χ0) is 19.2. The molecule has 2 saturated heterocycles. The van der Waals surface area contributed by atoms with Crippen LogP contribution in [-0.2, 0) is 16.0 Å². The number of nitrogens with one attached hydrogen (secondary N) is 1. The van der Waals surface area contributed by atoms with Crippen molar-refractivity contribution in [2.45, 2.75) is 45.1 Å². The molecular formula is C21H31Cl2N3O2. The average molecular weight is 428 g/mol. The van der Waals surface area contributed by atoms with Crippen molar-refractivity contribution in [3.63, 3.8) is 0 Å². The Morgan fingerprint density at radius 3 is 2.61 bits per heavy atom. The first-order chi connectivity index (χ1) is 13.0. The molecule has 2 aliphatic heterocycles. The third kappa shape index (κ3) is 6.36. The van der Waals surface area contributed by atoms with E-state index in [1.54, 1.807) is 0 Å². The zero-order valence-corrected chi connectivity index (χ0v) is 18.1. The lowest BCUT2D eigenvalue weighted by molar-refractivity contribution is -0.142. The summed E-state index contributed by atoms with van der Waals surface area (Å²) >= 11 is 6.01. The molecule has 1 aromatic carbocycles. The SMILES string of the molecule is CC1CN(C(=O)CCC2CCNCC2)CCN1C(=O)Cc1cccc(Cl)c1.Cl. The van der Waals surface area contributed by atoms with E-state index in [0.717, 1.165) is 25.1 Å². The first-order valence-electron chi connectivity index (χ1n) is 10.1. The second-order valence-corrected chi connectivity index (χ2v) is 8.25. The Balaban J connectivity index is 0.00000280. The molecule has 1 atom stereocenters. The predicted molar refractivity (Wildman–Crippen MR) is 115 cm³/mol. The Morgan fingerprint density at radius 1 is 1.18 bits per heavy atom. The van der Waals surface area contributed by atoms with Gasteiger partial charge >= 0.3 is 0 Å². The smallest absolute Gasteiger partial charge is 0.227 e. The maximum absolute atomic E-state index is 12.7. The number of rotatable bonds is 5. The average Bonchev–Trinajstić information content (AvgIpc) is 2.66. The first kappa shape index (κ1) is 23.0. The number of piperidine rings is 1. The maximum atomic E-state index is 12.7. The molecule has 0 bridgehead atoms. The summed E-state index contributed by atoms with van der Waals surface area (Å²) in [5.74, 6) is 1.02. The monoisotopic (exact) mass is 427 g/mol. The normalized spacial score (nSPS) is 20.6. The van der Waals surface area contributed by atoms with Gasteiger partial charge in [0.05, 0.1) is 6.42 Å². The minimum Gasteiger partial charge on any atom is -0.339 e. The van der Waals surface area contributed by atoms with Crippen LogP contribution in [0.25, 0.3) is 0 Å². The second kappa shape index (κ2) is 11.0. The van der Waals surface area contributed by atoms with Gasteiger partial charge in [0.25, 0.3) is 0 Å². The molecule has 2 aliphatic rings. The quantitative estimate of drug-likeness (QED) is 0.784. The summed E-state index contributed by atoms with van der Waals surface area (Å²) in [6, 6.07) is 7.49. The molecule has 0 aromatic heterocycles. The largest absolute Gasteiger partial charge is 0.339 e. The summed E-state index contributed by atoms with van der Waals surface area (Å²) in [5.41, 5.74) is 0.931.